The second kappa shape index (κ2) is 8.97. The van der Waals surface area contributed by atoms with Gasteiger partial charge in [-0.1, -0.05) is 23.7 Å². The lowest BCUT2D eigenvalue weighted by molar-refractivity contribution is -0.120. The van der Waals surface area contributed by atoms with Crippen LogP contribution in [0.4, 0.5) is 0 Å². The van der Waals surface area contributed by atoms with E-state index < -0.39 is 0 Å². The minimum absolute atomic E-state index is 0.00269. The summed E-state index contributed by atoms with van der Waals surface area (Å²) in [6, 6.07) is 7.47. The van der Waals surface area contributed by atoms with Crippen LogP contribution in [0.5, 0.6) is 5.88 Å². The number of benzene rings is 1. The molecule has 1 amide bonds. The van der Waals surface area contributed by atoms with Crippen molar-refractivity contribution in [3.63, 3.8) is 0 Å². The van der Waals surface area contributed by atoms with Crippen molar-refractivity contribution in [3.05, 3.63) is 35.6 Å². The molecule has 0 saturated heterocycles. The molecule has 30 heavy (non-hydrogen) atoms. The van der Waals surface area contributed by atoms with Crippen molar-refractivity contribution in [2.75, 3.05) is 13.2 Å². The number of para-hydroxylation sites is 2. The van der Waals surface area contributed by atoms with Crippen LogP contribution in [-0.4, -0.2) is 46.2 Å². The van der Waals surface area contributed by atoms with Crippen molar-refractivity contribution in [3.8, 4) is 17.5 Å². The highest BCUT2D eigenvalue weighted by molar-refractivity contribution is 6.34. The predicted octanol–water partition coefficient (Wildman–Crippen LogP) is 3.64. The van der Waals surface area contributed by atoms with Gasteiger partial charge in [-0.2, -0.15) is 0 Å². The number of aromatic nitrogens is 3. The summed E-state index contributed by atoms with van der Waals surface area (Å²) in [5.74, 6) is 0.959. The first kappa shape index (κ1) is 20.6. The average molecular weight is 431 g/mol. The van der Waals surface area contributed by atoms with Crippen LogP contribution in [0.15, 0.2) is 35.0 Å². The summed E-state index contributed by atoms with van der Waals surface area (Å²) in [6.07, 6.45) is 3.37. The molecular formula is C21H23ClN4O4. The number of nitrogens with zero attached hydrogens (tertiary/aromatic N) is 3. The Morgan fingerprint density at radius 3 is 2.90 bits per heavy atom. The van der Waals surface area contributed by atoms with Gasteiger partial charge in [0.2, 0.25) is 17.7 Å². The third-order valence-electron chi connectivity index (χ3n) is 4.93. The molecule has 0 unspecified atom stereocenters. The summed E-state index contributed by atoms with van der Waals surface area (Å²) in [5.41, 5.74) is 1.80. The summed E-state index contributed by atoms with van der Waals surface area (Å²) >= 11 is 6.46. The summed E-state index contributed by atoms with van der Waals surface area (Å²) in [7, 11) is 0. The predicted molar refractivity (Wildman–Crippen MR) is 111 cm³/mol. The number of ether oxygens (including phenoxy) is 2. The molecule has 1 N–H and O–H groups in total. The number of oxazole rings is 1. The van der Waals surface area contributed by atoms with E-state index in [9.17, 15) is 4.79 Å². The van der Waals surface area contributed by atoms with E-state index in [0.29, 0.717) is 42.2 Å². The number of halogens is 1. The molecule has 1 atom stereocenters. The molecule has 0 aliphatic heterocycles. The molecular weight excluding hydrogens is 408 g/mol. The van der Waals surface area contributed by atoms with Crippen molar-refractivity contribution in [2.24, 2.45) is 5.92 Å². The van der Waals surface area contributed by atoms with Crippen molar-refractivity contribution < 1.29 is 18.7 Å². The number of carbonyl (C=O) groups excluding carboxylic acids is 1. The number of rotatable bonds is 8. The zero-order valence-electron chi connectivity index (χ0n) is 16.8. The van der Waals surface area contributed by atoms with Crippen LogP contribution in [0.3, 0.4) is 0 Å². The number of hydrogen-bond donors (Lipinski definition) is 1. The number of fused-ring (bicyclic) bond motifs is 1. The Hall–Kier alpha value is -2.71. The van der Waals surface area contributed by atoms with Crippen LogP contribution in [0.2, 0.25) is 5.02 Å². The van der Waals surface area contributed by atoms with Gasteiger partial charge in [0, 0.05) is 13.0 Å². The Morgan fingerprint density at radius 1 is 1.33 bits per heavy atom. The molecule has 1 fully saturated rings. The van der Waals surface area contributed by atoms with Gasteiger partial charge in [-0.25, -0.2) is 15.0 Å². The fourth-order valence-electron chi connectivity index (χ4n) is 3.39. The number of amides is 1. The first-order valence-corrected chi connectivity index (χ1v) is 10.3. The van der Waals surface area contributed by atoms with Crippen LogP contribution >= 0.6 is 11.6 Å². The SMILES string of the molecule is CC(=O)N[C@@H](C)COC1CC(COc2ncnc(-c3nc4ccccc4o3)c2Cl)C1. The molecule has 1 aliphatic carbocycles. The molecule has 158 valence electrons. The third kappa shape index (κ3) is 4.71. The molecule has 1 aliphatic rings. The van der Waals surface area contributed by atoms with Crippen LogP contribution in [-0.2, 0) is 9.53 Å². The Balaban J connectivity index is 1.30. The van der Waals surface area contributed by atoms with Gasteiger partial charge in [-0.15, -0.1) is 0 Å². The zero-order chi connectivity index (χ0) is 21.1. The van der Waals surface area contributed by atoms with Gasteiger partial charge in [0.15, 0.2) is 11.3 Å². The highest BCUT2D eigenvalue weighted by Gasteiger charge is 2.31. The van der Waals surface area contributed by atoms with Crippen molar-refractivity contribution in [1.82, 2.24) is 20.3 Å². The third-order valence-corrected chi connectivity index (χ3v) is 5.27. The smallest absolute Gasteiger partial charge is 0.248 e. The first-order chi connectivity index (χ1) is 14.5. The van der Waals surface area contributed by atoms with E-state index in [0.717, 1.165) is 18.4 Å². The molecule has 4 rings (SSSR count). The number of nitrogens with one attached hydrogen (secondary N) is 1. The van der Waals surface area contributed by atoms with Crippen molar-refractivity contribution in [1.29, 1.82) is 0 Å². The first-order valence-electron chi connectivity index (χ1n) is 9.87. The normalized spacial score (nSPS) is 19.3. The Labute approximate surface area is 179 Å². The Kier molecular flexibility index (Phi) is 6.15. The molecule has 1 saturated carbocycles. The maximum Gasteiger partial charge on any atom is 0.248 e. The van der Waals surface area contributed by atoms with Crippen LogP contribution in [0.1, 0.15) is 26.7 Å². The Bertz CT molecular complexity index is 1000. The number of carbonyl (C=O) groups is 1. The van der Waals surface area contributed by atoms with E-state index in [1.165, 1.54) is 13.3 Å². The zero-order valence-corrected chi connectivity index (χ0v) is 17.6. The molecule has 8 nitrogen and oxygen atoms in total. The summed E-state index contributed by atoms with van der Waals surface area (Å²) in [6.45, 7) is 4.42. The summed E-state index contributed by atoms with van der Waals surface area (Å²) in [4.78, 5) is 23.8. The fourth-order valence-corrected chi connectivity index (χ4v) is 3.62. The second-order valence-electron chi connectivity index (χ2n) is 7.53. The molecule has 9 heteroatoms. The van der Waals surface area contributed by atoms with Gasteiger partial charge in [0.25, 0.3) is 0 Å². The molecule has 0 radical (unpaired) electrons. The minimum atomic E-state index is -0.0510. The highest BCUT2D eigenvalue weighted by Crippen LogP contribution is 2.35. The molecule has 0 spiro atoms. The molecule has 1 aromatic carbocycles. The van der Waals surface area contributed by atoms with Gasteiger partial charge >= 0.3 is 0 Å². The van der Waals surface area contributed by atoms with Gasteiger partial charge in [-0.3, -0.25) is 4.79 Å². The molecule has 2 heterocycles. The fraction of sp³-hybridized carbons (Fsp3) is 0.429. The van der Waals surface area contributed by atoms with E-state index >= 15 is 0 Å². The van der Waals surface area contributed by atoms with Gasteiger partial charge < -0.3 is 19.2 Å². The number of hydrogen-bond acceptors (Lipinski definition) is 7. The van der Waals surface area contributed by atoms with Crippen LogP contribution < -0.4 is 10.1 Å². The van der Waals surface area contributed by atoms with E-state index in [-0.39, 0.29) is 23.1 Å². The largest absolute Gasteiger partial charge is 0.476 e. The van der Waals surface area contributed by atoms with E-state index in [4.69, 9.17) is 25.5 Å². The lowest BCUT2D eigenvalue weighted by Crippen LogP contribution is -2.40. The van der Waals surface area contributed by atoms with Crippen LogP contribution in [0, 0.1) is 5.92 Å². The van der Waals surface area contributed by atoms with Gasteiger partial charge in [0.1, 0.15) is 16.9 Å². The summed E-state index contributed by atoms with van der Waals surface area (Å²) < 4.78 is 17.4. The summed E-state index contributed by atoms with van der Waals surface area (Å²) in [5, 5.41) is 3.09. The van der Waals surface area contributed by atoms with Gasteiger partial charge in [0.05, 0.1) is 19.3 Å². The van der Waals surface area contributed by atoms with E-state index in [1.54, 1.807) is 0 Å². The topological polar surface area (TPSA) is 99.4 Å². The lowest BCUT2D eigenvalue weighted by atomic mass is 9.83. The quantitative estimate of drug-likeness (QED) is 0.582. The highest BCUT2D eigenvalue weighted by atomic mass is 35.5. The second-order valence-corrected chi connectivity index (χ2v) is 7.91. The Morgan fingerprint density at radius 2 is 2.13 bits per heavy atom. The monoisotopic (exact) mass is 430 g/mol. The van der Waals surface area contributed by atoms with Crippen molar-refractivity contribution >= 4 is 28.6 Å². The molecule has 0 bridgehead atoms. The van der Waals surface area contributed by atoms with Crippen LogP contribution in [0.25, 0.3) is 22.7 Å². The maximum atomic E-state index is 11.0. The maximum absolute atomic E-state index is 11.0. The molecule has 3 aromatic rings. The lowest BCUT2D eigenvalue weighted by Gasteiger charge is -2.35. The van der Waals surface area contributed by atoms with E-state index in [2.05, 4.69) is 20.3 Å². The van der Waals surface area contributed by atoms with Crippen molar-refractivity contribution in [2.45, 2.75) is 38.8 Å². The van der Waals surface area contributed by atoms with E-state index in [1.807, 2.05) is 31.2 Å². The molecule has 2 aromatic heterocycles. The average Bonchev–Trinajstić information content (AvgIpc) is 3.10. The van der Waals surface area contributed by atoms with Gasteiger partial charge in [-0.05, 0) is 37.8 Å². The standard InChI is InChI=1S/C21H23ClN4O4/c1-12(25-13(2)27)9-28-15-7-14(8-15)10-29-20-18(22)19(23-11-24-20)21-26-16-5-3-4-6-17(16)30-21/h3-6,11-12,14-15H,7-10H2,1-2H3,(H,25,27)/t12-,14?,15?/m0/s1. The minimum Gasteiger partial charge on any atom is -0.476 e.